The van der Waals surface area contributed by atoms with Crippen molar-refractivity contribution in [1.29, 1.82) is 0 Å². The second-order valence-corrected chi connectivity index (χ2v) is 7.42. The largest absolute Gasteiger partial charge is 0.481 e. The lowest BCUT2D eigenvalue weighted by Gasteiger charge is -2.24. The number of amides is 2. The topological polar surface area (TPSA) is 95.0 Å². The molecule has 2 atom stereocenters. The van der Waals surface area contributed by atoms with E-state index in [2.05, 4.69) is 0 Å². The number of likely N-dealkylation sites (tertiary alicyclic amines) is 1. The van der Waals surface area contributed by atoms with Crippen LogP contribution < -0.4 is 0 Å². The molecule has 1 aliphatic heterocycles. The van der Waals surface area contributed by atoms with E-state index in [1.54, 1.807) is 6.92 Å². The summed E-state index contributed by atoms with van der Waals surface area (Å²) in [4.78, 5) is 25.8. The lowest BCUT2D eigenvalue weighted by atomic mass is 9.99. The first kappa shape index (κ1) is 15.7. The third-order valence-corrected chi connectivity index (χ3v) is 4.25. The summed E-state index contributed by atoms with van der Waals surface area (Å²) in [6.45, 7) is 2.47. The Kier molecular flexibility index (Phi) is 4.78. The fourth-order valence-corrected chi connectivity index (χ4v) is 2.69. The van der Waals surface area contributed by atoms with Gasteiger partial charge < -0.3 is 14.9 Å². The van der Waals surface area contributed by atoms with Crippen molar-refractivity contribution in [3.05, 3.63) is 0 Å². The zero-order valence-electron chi connectivity index (χ0n) is 11.4. The first-order valence-corrected chi connectivity index (χ1v) is 8.08. The number of carbonyl (C=O) groups excluding carboxylic acids is 1. The Hall–Kier alpha value is -1.31. The molecule has 1 N–H and O–H groups in total. The minimum absolute atomic E-state index is 0.0928. The molecule has 1 aliphatic rings. The highest BCUT2D eigenvalue weighted by Crippen LogP contribution is 2.23. The lowest BCUT2D eigenvalue weighted by Crippen LogP contribution is -2.42. The molecule has 7 nitrogen and oxygen atoms in total. The summed E-state index contributed by atoms with van der Waals surface area (Å²) in [7, 11) is -1.60. The van der Waals surface area contributed by atoms with E-state index in [4.69, 9.17) is 5.11 Å². The molecule has 0 saturated carbocycles. The van der Waals surface area contributed by atoms with Gasteiger partial charge in [0.25, 0.3) is 0 Å². The third kappa shape index (κ3) is 4.38. The Morgan fingerprint density at radius 2 is 1.95 bits per heavy atom. The first-order chi connectivity index (χ1) is 8.61. The highest BCUT2D eigenvalue weighted by Gasteiger charge is 2.37. The number of aliphatic carboxylic acids is 1. The van der Waals surface area contributed by atoms with Crippen molar-refractivity contribution in [3.63, 3.8) is 0 Å². The molecule has 0 aromatic heterocycles. The molecule has 1 rings (SSSR count). The summed E-state index contributed by atoms with van der Waals surface area (Å²) in [5.74, 6) is -1.64. The van der Waals surface area contributed by atoms with Gasteiger partial charge in [0.1, 0.15) is 9.84 Å². The van der Waals surface area contributed by atoms with Gasteiger partial charge in [-0.2, -0.15) is 0 Å². The fraction of sp³-hybridized carbons (Fsp3) is 0.818. The molecule has 19 heavy (non-hydrogen) atoms. The molecule has 8 heteroatoms. The Bertz CT molecular complexity index is 462. The highest BCUT2D eigenvalue weighted by molar-refractivity contribution is 7.90. The number of carboxylic acids is 1. The zero-order chi connectivity index (χ0) is 14.8. The molecule has 0 radical (unpaired) electrons. The van der Waals surface area contributed by atoms with Gasteiger partial charge >= 0.3 is 12.0 Å². The molecule has 0 aliphatic carbocycles. The number of carbonyl (C=O) groups is 2. The van der Waals surface area contributed by atoms with Crippen LogP contribution in [0.1, 0.15) is 6.92 Å². The minimum atomic E-state index is -3.12. The number of nitrogens with zero attached hydrogens (tertiary/aromatic N) is 2. The van der Waals surface area contributed by atoms with Crippen LogP contribution >= 0.6 is 0 Å². The van der Waals surface area contributed by atoms with Crippen LogP contribution in [0, 0.1) is 11.8 Å². The highest BCUT2D eigenvalue weighted by atomic mass is 32.2. The van der Waals surface area contributed by atoms with Gasteiger partial charge in [-0.25, -0.2) is 13.2 Å². The smallest absolute Gasteiger partial charge is 0.319 e. The Morgan fingerprint density at radius 1 is 1.37 bits per heavy atom. The third-order valence-electron chi connectivity index (χ3n) is 3.32. The standard InChI is InChI=1S/C11H20N2O5S/c1-8-6-13(7-9(8)10(14)15)11(16)12(2)4-5-19(3,17)18/h8-9H,4-7H2,1-3H3,(H,14,15)/t8-,9-/m1/s1. The van der Waals surface area contributed by atoms with Crippen molar-refractivity contribution in [2.45, 2.75) is 6.92 Å². The molecule has 0 aromatic carbocycles. The number of rotatable bonds is 4. The van der Waals surface area contributed by atoms with E-state index >= 15 is 0 Å². The summed E-state index contributed by atoms with van der Waals surface area (Å²) in [5, 5.41) is 9.00. The summed E-state index contributed by atoms with van der Waals surface area (Å²) >= 11 is 0. The number of sulfone groups is 1. The number of carboxylic acid groups (broad SMARTS) is 1. The Morgan fingerprint density at radius 3 is 2.37 bits per heavy atom. The fourth-order valence-electron chi connectivity index (χ4n) is 2.08. The molecule has 0 spiro atoms. The maximum absolute atomic E-state index is 12.0. The Balaban J connectivity index is 2.57. The quantitative estimate of drug-likeness (QED) is 0.770. The van der Waals surface area contributed by atoms with E-state index < -0.39 is 21.7 Å². The Labute approximate surface area is 113 Å². The summed E-state index contributed by atoms with van der Waals surface area (Å²) < 4.78 is 22.1. The van der Waals surface area contributed by atoms with Crippen LogP contribution in [0.2, 0.25) is 0 Å². The second-order valence-electron chi connectivity index (χ2n) is 5.16. The maximum Gasteiger partial charge on any atom is 0.319 e. The number of urea groups is 1. The van der Waals surface area contributed by atoms with Crippen LogP contribution in [0.3, 0.4) is 0 Å². The zero-order valence-corrected chi connectivity index (χ0v) is 12.2. The molecule has 0 bridgehead atoms. The molecule has 2 amide bonds. The monoisotopic (exact) mass is 292 g/mol. The molecule has 0 aromatic rings. The molecular weight excluding hydrogens is 272 g/mol. The maximum atomic E-state index is 12.0. The second kappa shape index (κ2) is 5.77. The molecule has 1 saturated heterocycles. The van der Waals surface area contributed by atoms with Crippen LogP contribution in [0.25, 0.3) is 0 Å². The van der Waals surface area contributed by atoms with Crippen molar-refractivity contribution in [2.75, 3.05) is 38.7 Å². The van der Waals surface area contributed by atoms with Gasteiger partial charge in [0.15, 0.2) is 0 Å². The molecule has 110 valence electrons. The molecule has 1 heterocycles. The average molecular weight is 292 g/mol. The average Bonchev–Trinajstić information content (AvgIpc) is 2.66. The summed E-state index contributed by atoms with van der Waals surface area (Å²) in [6, 6.07) is -0.320. The van der Waals surface area contributed by atoms with E-state index in [0.29, 0.717) is 6.54 Å². The van der Waals surface area contributed by atoms with Crippen LogP contribution in [-0.4, -0.2) is 74.0 Å². The summed E-state index contributed by atoms with van der Waals surface area (Å²) in [6.07, 6.45) is 1.11. The van der Waals surface area contributed by atoms with Gasteiger partial charge in [-0.05, 0) is 5.92 Å². The normalized spacial score (nSPS) is 23.4. The van der Waals surface area contributed by atoms with Crippen molar-refractivity contribution in [3.8, 4) is 0 Å². The SMILES string of the molecule is C[C@@H]1CN(C(=O)N(C)CCS(C)(=O)=O)C[C@H]1C(=O)O. The van der Waals surface area contributed by atoms with Crippen molar-refractivity contribution < 1.29 is 23.1 Å². The molecule has 0 unspecified atom stereocenters. The van der Waals surface area contributed by atoms with E-state index in [1.807, 2.05) is 0 Å². The van der Waals surface area contributed by atoms with E-state index in [-0.39, 0.29) is 30.8 Å². The van der Waals surface area contributed by atoms with Gasteiger partial charge in [-0.3, -0.25) is 4.79 Å². The predicted molar refractivity (Wildman–Crippen MR) is 69.6 cm³/mol. The van der Waals surface area contributed by atoms with Gasteiger partial charge in [0.2, 0.25) is 0 Å². The van der Waals surface area contributed by atoms with Crippen molar-refractivity contribution >= 4 is 21.8 Å². The van der Waals surface area contributed by atoms with Crippen LogP contribution in [0.5, 0.6) is 0 Å². The number of hydrogen-bond acceptors (Lipinski definition) is 4. The first-order valence-electron chi connectivity index (χ1n) is 6.02. The lowest BCUT2D eigenvalue weighted by molar-refractivity contribution is -0.142. The van der Waals surface area contributed by atoms with Crippen molar-refractivity contribution in [1.82, 2.24) is 9.80 Å². The van der Waals surface area contributed by atoms with Crippen LogP contribution in [0.15, 0.2) is 0 Å². The van der Waals surface area contributed by atoms with Gasteiger partial charge in [0, 0.05) is 32.9 Å². The van der Waals surface area contributed by atoms with E-state index in [1.165, 1.54) is 16.8 Å². The van der Waals surface area contributed by atoms with Crippen LogP contribution in [0.4, 0.5) is 4.79 Å². The molecular formula is C11H20N2O5S. The molecule has 1 fully saturated rings. The summed E-state index contributed by atoms with van der Waals surface area (Å²) in [5.41, 5.74) is 0. The van der Waals surface area contributed by atoms with E-state index in [9.17, 15) is 18.0 Å². The van der Waals surface area contributed by atoms with E-state index in [0.717, 1.165) is 6.26 Å². The minimum Gasteiger partial charge on any atom is -0.481 e. The van der Waals surface area contributed by atoms with Crippen molar-refractivity contribution in [2.24, 2.45) is 11.8 Å². The predicted octanol–water partition coefficient (Wildman–Crippen LogP) is -0.265. The number of hydrogen-bond donors (Lipinski definition) is 1. The van der Waals surface area contributed by atoms with Gasteiger partial charge in [0.05, 0.1) is 11.7 Å². The van der Waals surface area contributed by atoms with Gasteiger partial charge in [-0.1, -0.05) is 6.92 Å². The van der Waals surface area contributed by atoms with Gasteiger partial charge in [-0.15, -0.1) is 0 Å². The van der Waals surface area contributed by atoms with Crippen LogP contribution in [-0.2, 0) is 14.6 Å².